The van der Waals surface area contributed by atoms with Crippen molar-refractivity contribution in [2.24, 2.45) is 5.73 Å². The van der Waals surface area contributed by atoms with E-state index in [0.717, 1.165) is 19.7 Å². The van der Waals surface area contributed by atoms with E-state index in [4.69, 9.17) is 10.5 Å². The normalized spacial score (nSPS) is 23.7. The molecule has 1 rings (SSSR count). The van der Waals surface area contributed by atoms with Crippen molar-refractivity contribution in [2.75, 3.05) is 26.2 Å². The minimum Gasteiger partial charge on any atom is -0.377 e. The average Bonchev–Trinajstić information content (AvgIpc) is 2.47. The highest BCUT2D eigenvalue weighted by molar-refractivity contribution is 4.90. The van der Waals surface area contributed by atoms with E-state index in [1.807, 2.05) is 0 Å². The Morgan fingerprint density at radius 2 is 1.95 bits per heavy atom. The highest BCUT2D eigenvalue weighted by atomic mass is 16.5. The van der Waals surface area contributed by atoms with Gasteiger partial charge < -0.3 is 10.5 Å². The fourth-order valence-electron chi connectivity index (χ4n) is 3.30. The Morgan fingerprint density at radius 3 is 2.60 bits per heavy atom. The van der Waals surface area contributed by atoms with E-state index in [1.165, 1.54) is 57.9 Å². The van der Waals surface area contributed by atoms with Gasteiger partial charge in [-0.3, -0.25) is 4.90 Å². The molecule has 0 aromatic heterocycles. The summed E-state index contributed by atoms with van der Waals surface area (Å²) < 4.78 is 5.83. The van der Waals surface area contributed by atoms with Crippen LogP contribution in [-0.2, 0) is 4.74 Å². The summed E-state index contributed by atoms with van der Waals surface area (Å²) in [5, 5.41) is 0. The second kappa shape index (κ2) is 9.75. The molecule has 0 bridgehead atoms. The van der Waals surface area contributed by atoms with Crippen LogP contribution in [0.2, 0.25) is 0 Å². The third kappa shape index (κ3) is 5.71. The standard InChI is InChI=1S/C17H36N2O/c1-4-6-7-8-9-12-17(3,15-18)19-13-10-11-16(14-19)20-5-2/h16H,4-15,18H2,1-3H3. The van der Waals surface area contributed by atoms with Gasteiger partial charge in [0.2, 0.25) is 0 Å². The summed E-state index contributed by atoms with van der Waals surface area (Å²) in [6, 6.07) is 0. The van der Waals surface area contributed by atoms with Gasteiger partial charge in [-0.1, -0.05) is 39.0 Å². The zero-order valence-electron chi connectivity index (χ0n) is 14.0. The van der Waals surface area contributed by atoms with Crippen LogP contribution in [0.3, 0.4) is 0 Å². The van der Waals surface area contributed by atoms with Gasteiger partial charge >= 0.3 is 0 Å². The molecule has 120 valence electrons. The molecule has 0 aliphatic carbocycles. The molecule has 0 aromatic carbocycles. The highest BCUT2D eigenvalue weighted by Gasteiger charge is 2.33. The number of ether oxygens (including phenoxy) is 1. The maximum absolute atomic E-state index is 6.12. The molecule has 1 aliphatic heterocycles. The maximum atomic E-state index is 6.12. The Kier molecular flexibility index (Phi) is 8.74. The highest BCUT2D eigenvalue weighted by Crippen LogP contribution is 2.26. The smallest absolute Gasteiger partial charge is 0.0702 e. The van der Waals surface area contributed by atoms with E-state index in [1.54, 1.807) is 0 Å². The molecule has 1 heterocycles. The molecule has 1 aliphatic rings. The first kappa shape index (κ1) is 17.9. The van der Waals surface area contributed by atoms with Crippen molar-refractivity contribution in [1.29, 1.82) is 0 Å². The summed E-state index contributed by atoms with van der Waals surface area (Å²) in [6.07, 6.45) is 10.8. The number of nitrogens with two attached hydrogens (primary N) is 1. The quantitative estimate of drug-likeness (QED) is 0.623. The number of piperidine rings is 1. The molecule has 2 unspecified atom stereocenters. The van der Waals surface area contributed by atoms with Crippen molar-refractivity contribution >= 4 is 0 Å². The Morgan fingerprint density at radius 1 is 1.20 bits per heavy atom. The molecule has 3 nitrogen and oxygen atoms in total. The van der Waals surface area contributed by atoms with Crippen LogP contribution in [0.25, 0.3) is 0 Å². The lowest BCUT2D eigenvalue weighted by Gasteiger charge is -2.45. The summed E-state index contributed by atoms with van der Waals surface area (Å²) in [6.45, 7) is 10.6. The van der Waals surface area contributed by atoms with Gasteiger partial charge in [0.1, 0.15) is 0 Å². The molecule has 2 N–H and O–H groups in total. The van der Waals surface area contributed by atoms with Crippen LogP contribution in [0.4, 0.5) is 0 Å². The Balaban J connectivity index is 2.41. The first-order valence-corrected chi connectivity index (χ1v) is 8.73. The van der Waals surface area contributed by atoms with Crippen molar-refractivity contribution in [2.45, 2.75) is 83.8 Å². The zero-order valence-corrected chi connectivity index (χ0v) is 14.0. The second-order valence-electron chi connectivity index (χ2n) is 6.53. The number of rotatable bonds is 10. The molecule has 0 radical (unpaired) electrons. The monoisotopic (exact) mass is 284 g/mol. The number of hydrogen-bond acceptors (Lipinski definition) is 3. The summed E-state index contributed by atoms with van der Waals surface area (Å²) in [4.78, 5) is 2.59. The first-order valence-electron chi connectivity index (χ1n) is 8.73. The van der Waals surface area contributed by atoms with E-state index < -0.39 is 0 Å². The van der Waals surface area contributed by atoms with Gasteiger partial charge in [-0.05, 0) is 39.7 Å². The van der Waals surface area contributed by atoms with Crippen molar-refractivity contribution in [3.63, 3.8) is 0 Å². The Bertz CT molecular complexity index is 245. The number of hydrogen-bond donors (Lipinski definition) is 1. The third-order valence-electron chi connectivity index (χ3n) is 4.80. The predicted octanol–water partition coefficient (Wildman–Crippen LogP) is 3.57. The lowest BCUT2D eigenvalue weighted by molar-refractivity contribution is -0.0307. The van der Waals surface area contributed by atoms with Gasteiger partial charge in [0.25, 0.3) is 0 Å². The van der Waals surface area contributed by atoms with E-state index in [-0.39, 0.29) is 5.54 Å². The number of unbranched alkanes of at least 4 members (excludes halogenated alkanes) is 4. The Hall–Kier alpha value is -0.120. The summed E-state index contributed by atoms with van der Waals surface area (Å²) >= 11 is 0. The molecule has 2 atom stereocenters. The van der Waals surface area contributed by atoms with E-state index in [9.17, 15) is 0 Å². The molecule has 0 saturated carbocycles. The molecule has 1 fully saturated rings. The largest absolute Gasteiger partial charge is 0.377 e. The van der Waals surface area contributed by atoms with Crippen LogP contribution in [0.1, 0.15) is 72.1 Å². The zero-order chi connectivity index (χ0) is 14.8. The summed E-state index contributed by atoms with van der Waals surface area (Å²) in [5.74, 6) is 0. The molecule has 0 amide bonds. The predicted molar refractivity (Wildman–Crippen MR) is 87.1 cm³/mol. The van der Waals surface area contributed by atoms with E-state index in [2.05, 4.69) is 25.7 Å². The summed E-state index contributed by atoms with van der Waals surface area (Å²) in [5.41, 5.74) is 6.28. The maximum Gasteiger partial charge on any atom is 0.0702 e. The van der Waals surface area contributed by atoms with Crippen molar-refractivity contribution in [1.82, 2.24) is 4.90 Å². The lowest BCUT2D eigenvalue weighted by Crippen LogP contribution is -2.56. The minimum absolute atomic E-state index is 0.169. The van der Waals surface area contributed by atoms with Crippen LogP contribution in [0.15, 0.2) is 0 Å². The minimum atomic E-state index is 0.169. The van der Waals surface area contributed by atoms with Crippen LogP contribution in [0.5, 0.6) is 0 Å². The van der Waals surface area contributed by atoms with Gasteiger partial charge in [0, 0.05) is 25.2 Å². The molecule has 0 spiro atoms. The number of likely N-dealkylation sites (tertiary alicyclic amines) is 1. The van der Waals surface area contributed by atoms with E-state index >= 15 is 0 Å². The van der Waals surface area contributed by atoms with Gasteiger partial charge in [0.05, 0.1) is 6.10 Å². The molecular formula is C17H36N2O. The second-order valence-corrected chi connectivity index (χ2v) is 6.53. The molecule has 20 heavy (non-hydrogen) atoms. The van der Waals surface area contributed by atoms with Gasteiger partial charge in [-0.2, -0.15) is 0 Å². The SMILES string of the molecule is CCCCCCCC(C)(CN)N1CCCC(OCC)C1. The van der Waals surface area contributed by atoms with Crippen molar-refractivity contribution in [3.05, 3.63) is 0 Å². The average molecular weight is 284 g/mol. The topological polar surface area (TPSA) is 38.5 Å². The van der Waals surface area contributed by atoms with Crippen LogP contribution < -0.4 is 5.73 Å². The fourth-order valence-corrected chi connectivity index (χ4v) is 3.30. The molecule has 1 saturated heterocycles. The van der Waals surface area contributed by atoms with Gasteiger partial charge in [-0.15, -0.1) is 0 Å². The van der Waals surface area contributed by atoms with Crippen LogP contribution >= 0.6 is 0 Å². The molecule has 3 heteroatoms. The lowest BCUT2D eigenvalue weighted by atomic mass is 9.89. The summed E-state index contributed by atoms with van der Waals surface area (Å²) in [7, 11) is 0. The molecule has 0 aromatic rings. The molecular weight excluding hydrogens is 248 g/mol. The fraction of sp³-hybridized carbons (Fsp3) is 1.00. The van der Waals surface area contributed by atoms with Gasteiger partial charge in [0.15, 0.2) is 0 Å². The van der Waals surface area contributed by atoms with Crippen molar-refractivity contribution in [3.8, 4) is 0 Å². The first-order chi connectivity index (χ1) is 9.66. The Labute approximate surface area is 126 Å². The van der Waals surface area contributed by atoms with E-state index in [0.29, 0.717) is 6.10 Å². The van der Waals surface area contributed by atoms with Crippen molar-refractivity contribution < 1.29 is 4.74 Å². The third-order valence-corrected chi connectivity index (χ3v) is 4.80. The van der Waals surface area contributed by atoms with Crippen LogP contribution in [-0.4, -0.2) is 42.8 Å². The van der Waals surface area contributed by atoms with Crippen LogP contribution in [0, 0.1) is 0 Å². The number of nitrogens with zero attached hydrogens (tertiary/aromatic N) is 1. The van der Waals surface area contributed by atoms with Gasteiger partial charge in [-0.25, -0.2) is 0 Å².